The largest absolute Gasteiger partial charge is 0.488 e. The Kier molecular flexibility index (Phi) is 4.12. The van der Waals surface area contributed by atoms with Gasteiger partial charge in [0.1, 0.15) is 12.4 Å². The molecule has 3 heteroatoms. The lowest BCUT2D eigenvalue weighted by atomic mass is 10.1. The number of hydrogen-bond acceptors (Lipinski definition) is 3. The molecule has 0 unspecified atom stereocenters. The van der Waals surface area contributed by atoms with Crippen LogP contribution in [0.3, 0.4) is 0 Å². The lowest BCUT2D eigenvalue weighted by Gasteiger charge is -2.09. The summed E-state index contributed by atoms with van der Waals surface area (Å²) in [6, 6.07) is 18.3. The van der Waals surface area contributed by atoms with Crippen molar-refractivity contribution in [3.8, 4) is 5.75 Å². The number of hydrogen-bond donors (Lipinski definition) is 1. The number of aromatic nitrogens is 1. The van der Waals surface area contributed by atoms with Gasteiger partial charge in [0.15, 0.2) is 0 Å². The number of rotatable bonds is 5. The minimum absolute atomic E-state index is 0.552. The van der Waals surface area contributed by atoms with Gasteiger partial charge in [-0.1, -0.05) is 30.3 Å². The van der Waals surface area contributed by atoms with Gasteiger partial charge in [0, 0.05) is 11.6 Å². The van der Waals surface area contributed by atoms with Gasteiger partial charge in [-0.05, 0) is 48.4 Å². The Morgan fingerprint density at radius 3 is 2.52 bits per heavy atom. The molecule has 3 nitrogen and oxygen atoms in total. The van der Waals surface area contributed by atoms with Crippen LogP contribution in [0.25, 0.3) is 10.9 Å². The second-order valence-electron chi connectivity index (χ2n) is 4.97. The van der Waals surface area contributed by atoms with Gasteiger partial charge in [0.2, 0.25) is 0 Å². The summed E-state index contributed by atoms with van der Waals surface area (Å²) in [6.45, 7) is 1.23. The van der Waals surface area contributed by atoms with Crippen molar-refractivity contribution in [2.75, 3.05) is 6.54 Å². The number of benzene rings is 2. The molecule has 3 aromatic rings. The first-order valence-corrected chi connectivity index (χ1v) is 7.11. The van der Waals surface area contributed by atoms with E-state index in [1.165, 1.54) is 5.56 Å². The summed E-state index contributed by atoms with van der Waals surface area (Å²) in [4.78, 5) is 4.34. The van der Waals surface area contributed by atoms with Crippen molar-refractivity contribution in [2.24, 2.45) is 5.73 Å². The highest BCUT2D eigenvalue weighted by Gasteiger charge is 2.02. The van der Waals surface area contributed by atoms with Crippen LogP contribution in [0.1, 0.15) is 11.1 Å². The Morgan fingerprint density at radius 2 is 1.71 bits per heavy atom. The Balaban J connectivity index is 1.74. The summed E-state index contributed by atoms with van der Waals surface area (Å²) in [5.74, 6) is 0.867. The molecule has 2 aromatic carbocycles. The fourth-order valence-electron chi connectivity index (χ4n) is 2.33. The van der Waals surface area contributed by atoms with Crippen LogP contribution in [0, 0.1) is 0 Å². The molecule has 0 saturated carbocycles. The predicted octanol–water partition coefficient (Wildman–Crippen LogP) is 3.32. The van der Waals surface area contributed by atoms with Crippen molar-refractivity contribution in [3.63, 3.8) is 0 Å². The van der Waals surface area contributed by atoms with Gasteiger partial charge in [-0.25, -0.2) is 0 Å². The standard InChI is InChI=1S/C18H18N2O/c19-11-10-14-6-8-15(9-7-14)13-21-18-5-1-4-17-16(18)3-2-12-20-17/h1-9,12H,10-11,13,19H2. The molecule has 0 atom stereocenters. The summed E-state index contributed by atoms with van der Waals surface area (Å²) in [7, 11) is 0. The summed E-state index contributed by atoms with van der Waals surface area (Å²) in [6.07, 6.45) is 2.71. The van der Waals surface area contributed by atoms with Crippen LogP contribution in [0.4, 0.5) is 0 Å². The van der Waals surface area contributed by atoms with Crippen molar-refractivity contribution in [1.29, 1.82) is 0 Å². The van der Waals surface area contributed by atoms with E-state index in [2.05, 4.69) is 29.2 Å². The SMILES string of the molecule is NCCc1ccc(COc2cccc3ncccc23)cc1. The van der Waals surface area contributed by atoms with E-state index in [0.29, 0.717) is 13.2 Å². The van der Waals surface area contributed by atoms with E-state index in [4.69, 9.17) is 10.5 Å². The van der Waals surface area contributed by atoms with Crippen molar-refractivity contribution >= 4 is 10.9 Å². The molecule has 0 amide bonds. The van der Waals surface area contributed by atoms with Crippen molar-refractivity contribution in [2.45, 2.75) is 13.0 Å². The third kappa shape index (κ3) is 3.20. The van der Waals surface area contributed by atoms with Crippen molar-refractivity contribution < 1.29 is 4.74 Å². The maximum Gasteiger partial charge on any atom is 0.129 e. The summed E-state index contributed by atoms with van der Waals surface area (Å²) < 4.78 is 5.94. The lowest BCUT2D eigenvalue weighted by molar-refractivity contribution is 0.310. The molecule has 106 valence electrons. The van der Waals surface area contributed by atoms with Crippen molar-refractivity contribution in [1.82, 2.24) is 4.98 Å². The van der Waals surface area contributed by atoms with Crippen LogP contribution < -0.4 is 10.5 Å². The number of fused-ring (bicyclic) bond motifs is 1. The molecule has 21 heavy (non-hydrogen) atoms. The average Bonchev–Trinajstić information content (AvgIpc) is 2.54. The van der Waals surface area contributed by atoms with Gasteiger partial charge >= 0.3 is 0 Å². The Hall–Kier alpha value is -2.39. The van der Waals surface area contributed by atoms with E-state index in [1.807, 2.05) is 30.3 Å². The molecule has 3 rings (SSSR count). The van der Waals surface area contributed by atoms with Gasteiger partial charge in [0.25, 0.3) is 0 Å². The zero-order valence-corrected chi connectivity index (χ0v) is 11.8. The van der Waals surface area contributed by atoms with E-state index in [9.17, 15) is 0 Å². The Labute approximate surface area is 124 Å². The monoisotopic (exact) mass is 278 g/mol. The summed E-state index contributed by atoms with van der Waals surface area (Å²) in [5.41, 5.74) is 8.92. The minimum Gasteiger partial charge on any atom is -0.488 e. The molecule has 1 aromatic heterocycles. The van der Waals surface area contributed by atoms with E-state index in [-0.39, 0.29) is 0 Å². The smallest absolute Gasteiger partial charge is 0.129 e. The molecule has 0 fully saturated rings. The zero-order valence-electron chi connectivity index (χ0n) is 11.8. The highest BCUT2D eigenvalue weighted by molar-refractivity contribution is 5.84. The average molecular weight is 278 g/mol. The molecule has 0 radical (unpaired) electrons. The highest BCUT2D eigenvalue weighted by atomic mass is 16.5. The number of ether oxygens (including phenoxy) is 1. The quantitative estimate of drug-likeness (QED) is 0.779. The summed E-state index contributed by atoms with van der Waals surface area (Å²) >= 11 is 0. The van der Waals surface area contributed by atoms with E-state index >= 15 is 0 Å². The van der Waals surface area contributed by atoms with Gasteiger partial charge in [-0.15, -0.1) is 0 Å². The summed E-state index contributed by atoms with van der Waals surface area (Å²) in [5, 5.41) is 1.04. The topological polar surface area (TPSA) is 48.1 Å². The van der Waals surface area contributed by atoms with Gasteiger partial charge in [-0.3, -0.25) is 4.98 Å². The highest BCUT2D eigenvalue weighted by Crippen LogP contribution is 2.24. The number of nitrogens with two attached hydrogens (primary N) is 1. The molecular weight excluding hydrogens is 260 g/mol. The first kappa shape index (κ1) is 13.6. The Morgan fingerprint density at radius 1 is 0.905 bits per heavy atom. The van der Waals surface area contributed by atoms with Crippen LogP contribution in [-0.4, -0.2) is 11.5 Å². The number of pyridine rings is 1. The van der Waals surface area contributed by atoms with Crippen LogP contribution in [0.2, 0.25) is 0 Å². The second kappa shape index (κ2) is 6.37. The van der Waals surface area contributed by atoms with E-state index < -0.39 is 0 Å². The fraction of sp³-hybridized carbons (Fsp3) is 0.167. The normalized spacial score (nSPS) is 10.7. The predicted molar refractivity (Wildman–Crippen MR) is 85.3 cm³/mol. The maximum atomic E-state index is 5.94. The zero-order chi connectivity index (χ0) is 14.5. The van der Waals surface area contributed by atoms with Gasteiger partial charge < -0.3 is 10.5 Å². The van der Waals surface area contributed by atoms with Crippen molar-refractivity contribution in [3.05, 3.63) is 71.9 Å². The second-order valence-corrected chi connectivity index (χ2v) is 4.97. The molecule has 0 saturated heterocycles. The lowest BCUT2D eigenvalue weighted by Crippen LogP contribution is -2.03. The third-order valence-corrected chi connectivity index (χ3v) is 3.46. The van der Waals surface area contributed by atoms with Crippen LogP contribution in [-0.2, 0) is 13.0 Å². The van der Waals surface area contributed by atoms with Crippen LogP contribution >= 0.6 is 0 Å². The van der Waals surface area contributed by atoms with Gasteiger partial charge in [0.05, 0.1) is 5.52 Å². The first-order valence-electron chi connectivity index (χ1n) is 7.11. The van der Waals surface area contributed by atoms with E-state index in [0.717, 1.165) is 28.6 Å². The number of nitrogens with zero attached hydrogens (tertiary/aromatic N) is 1. The molecule has 1 heterocycles. The molecule has 0 spiro atoms. The molecule has 0 bridgehead atoms. The van der Waals surface area contributed by atoms with Gasteiger partial charge in [-0.2, -0.15) is 0 Å². The van der Waals surface area contributed by atoms with Crippen LogP contribution in [0.15, 0.2) is 60.8 Å². The fourth-order valence-corrected chi connectivity index (χ4v) is 2.33. The van der Waals surface area contributed by atoms with E-state index in [1.54, 1.807) is 6.20 Å². The third-order valence-electron chi connectivity index (χ3n) is 3.46. The maximum absolute atomic E-state index is 5.94. The minimum atomic E-state index is 0.552. The molecule has 0 aliphatic rings. The molecular formula is C18H18N2O. The molecule has 0 aliphatic heterocycles. The molecule has 0 aliphatic carbocycles. The molecule has 2 N–H and O–H groups in total. The first-order chi connectivity index (χ1) is 10.4. The Bertz CT molecular complexity index is 717. The van der Waals surface area contributed by atoms with Crippen LogP contribution in [0.5, 0.6) is 5.75 Å².